The van der Waals surface area contributed by atoms with Crippen molar-refractivity contribution < 1.29 is 0 Å². The van der Waals surface area contributed by atoms with E-state index in [1.54, 1.807) is 13.1 Å². The minimum absolute atomic E-state index is 0.495. The molecule has 0 saturated heterocycles. The van der Waals surface area contributed by atoms with Crippen LogP contribution >= 0.6 is 0 Å². The number of nitrogens with two attached hydrogens (primary N) is 1. The minimum atomic E-state index is 0.495. The maximum atomic E-state index is 5.30. The highest BCUT2D eigenvalue weighted by molar-refractivity contribution is 5.90. The van der Waals surface area contributed by atoms with Gasteiger partial charge in [0.25, 0.3) is 0 Å². The average Bonchev–Trinajstić information content (AvgIpc) is 1.68. The van der Waals surface area contributed by atoms with Crippen LogP contribution in [0.1, 0.15) is 6.92 Å². The van der Waals surface area contributed by atoms with Gasteiger partial charge in [-0.2, -0.15) is 5.10 Å². The van der Waals surface area contributed by atoms with Crippen LogP contribution in [-0.4, -0.2) is 12.9 Å². The summed E-state index contributed by atoms with van der Waals surface area (Å²) < 4.78 is 0. The Morgan fingerprint density at radius 1 is 1.75 bits per heavy atom. The van der Waals surface area contributed by atoms with Crippen LogP contribution in [0.5, 0.6) is 0 Å². The average molecular weight is 113 g/mol. The van der Waals surface area contributed by atoms with Crippen molar-refractivity contribution in [1.29, 1.82) is 0 Å². The van der Waals surface area contributed by atoms with Crippen LogP contribution in [0, 0.1) is 0 Å². The molecule has 0 saturated carbocycles. The summed E-state index contributed by atoms with van der Waals surface area (Å²) in [7, 11) is 1.70. The van der Waals surface area contributed by atoms with Crippen molar-refractivity contribution in [3.63, 3.8) is 0 Å². The first-order valence-corrected chi connectivity index (χ1v) is 2.44. The normalized spacial score (nSPS) is 12.5. The molecule has 0 aliphatic rings. The number of hydrogen-bond acceptors (Lipinski definition) is 2. The van der Waals surface area contributed by atoms with Gasteiger partial charge in [0.15, 0.2) is 0 Å². The van der Waals surface area contributed by atoms with Gasteiger partial charge in [-0.25, -0.2) is 0 Å². The monoisotopic (exact) mass is 113 g/mol. The predicted molar refractivity (Wildman–Crippen MR) is 35.5 cm³/mol. The Labute approximate surface area is 49.3 Å². The first-order chi connectivity index (χ1) is 3.81. The number of allylic oxidation sites excluding steroid dienone is 1. The summed E-state index contributed by atoms with van der Waals surface area (Å²) in [5.74, 6) is 0.495. The highest BCUT2D eigenvalue weighted by atomic mass is 15.3. The number of rotatable bonds is 2. The lowest BCUT2D eigenvalue weighted by molar-refractivity contribution is 0.899. The van der Waals surface area contributed by atoms with Gasteiger partial charge < -0.3 is 11.2 Å². The van der Waals surface area contributed by atoms with E-state index in [1.807, 2.05) is 13.0 Å². The summed E-state index contributed by atoms with van der Waals surface area (Å²) >= 11 is 0. The van der Waals surface area contributed by atoms with Crippen LogP contribution in [0.15, 0.2) is 17.3 Å². The molecule has 0 radical (unpaired) electrons. The summed E-state index contributed by atoms with van der Waals surface area (Å²) in [6.07, 6.45) is 3.55. The highest BCUT2D eigenvalue weighted by Gasteiger charge is 1.75. The van der Waals surface area contributed by atoms with E-state index in [0.29, 0.717) is 5.84 Å². The zero-order valence-electron chi connectivity index (χ0n) is 5.18. The van der Waals surface area contributed by atoms with Crippen LogP contribution in [0.3, 0.4) is 0 Å². The van der Waals surface area contributed by atoms with Gasteiger partial charge in [0, 0.05) is 7.05 Å². The van der Waals surface area contributed by atoms with E-state index < -0.39 is 0 Å². The molecule has 0 spiro atoms. The molecular weight excluding hydrogens is 102 g/mol. The highest BCUT2D eigenvalue weighted by Crippen LogP contribution is 1.68. The number of amidine groups is 1. The molecule has 0 aliphatic heterocycles. The van der Waals surface area contributed by atoms with E-state index in [4.69, 9.17) is 5.73 Å². The quantitative estimate of drug-likeness (QED) is 0.302. The lowest BCUT2D eigenvalue weighted by atomic mass is 10.5. The van der Waals surface area contributed by atoms with Crippen molar-refractivity contribution in [2.75, 3.05) is 7.05 Å². The number of hydrogen-bond donors (Lipinski definition) is 2. The number of hydrazone groups is 1. The van der Waals surface area contributed by atoms with Crippen LogP contribution in [0.2, 0.25) is 0 Å². The Morgan fingerprint density at radius 3 is 2.75 bits per heavy atom. The standard InChI is InChI=1S/C5H11N3/c1-3-4-5(6)8-7-2/h3-4,7H,1-2H3,(H2,6,8)/b4-3-. The fraction of sp³-hybridized carbons (Fsp3) is 0.400. The van der Waals surface area contributed by atoms with E-state index in [9.17, 15) is 0 Å². The molecule has 8 heavy (non-hydrogen) atoms. The SMILES string of the molecule is C/C=C\C(N)=N/NC. The molecule has 0 aromatic carbocycles. The second-order valence-electron chi connectivity index (χ2n) is 1.26. The van der Waals surface area contributed by atoms with Gasteiger partial charge in [-0.3, -0.25) is 0 Å². The second kappa shape index (κ2) is 4.18. The predicted octanol–water partition coefficient (Wildman–Crippen LogP) is 0.0541. The third-order valence-electron chi connectivity index (χ3n) is 0.578. The summed E-state index contributed by atoms with van der Waals surface area (Å²) in [6, 6.07) is 0. The summed E-state index contributed by atoms with van der Waals surface area (Å²) in [6.45, 7) is 1.89. The first-order valence-electron chi connectivity index (χ1n) is 2.44. The van der Waals surface area contributed by atoms with Crippen molar-refractivity contribution in [2.45, 2.75) is 6.92 Å². The van der Waals surface area contributed by atoms with E-state index >= 15 is 0 Å². The van der Waals surface area contributed by atoms with Crippen molar-refractivity contribution in [3.05, 3.63) is 12.2 Å². The molecule has 3 heteroatoms. The van der Waals surface area contributed by atoms with Gasteiger partial charge in [0.05, 0.1) is 0 Å². The Balaban J connectivity index is 3.61. The maximum Gasteiger partial charge on any atom is 0.142 e. The summed E-state index contributed by atoms with van der Waals surface area (Å²) in [5.41, 5.74) is 7.86. The molecule has 0 fully saturated rings. The topological polar surface area (TPSA) is 50.4 Å². The lowest BCUT2D eigenvalue weighted by Gasteiger charge is -1.88. The third-order valence-corrected chi connectivity index (χ3v) is 0.578. The molecule has 0 atom stereocenters. The van der Waals surface area contributed by atoms with Gasteiger partial charge >= 0.3 is 0 Å². The van der Waals surface area contributed by atoms with Crippen molar-refractivity contribution in [2.24, 2.45) is 10.8 Å². The summed E-state index contributed by atoms with van der Waals surface area (Å²) in [4.78, 5) is 0. The number of nitrogens with one attached hydrogen (secondary N) is 1. The third kappa shape index (κ3) is 3.21. The molecule has 0 amide bonds. The van der Waals surface area contributed by atoms with Gasteiger partial charge in [0.2, 0.25) is 0 Å². The molecule has 0 aliphatic carbocycles. The summed E-state index contributed by atoms with van der Waals surface area (Å²) in [5, 5.41) is 3.67. The zero-order chi connectivity index (χ0) is 6.41. The van der Waals surface area contributed by atoms with Crippen LogP contribution in [0.25, 0.3) is 0 Å². The van der Waals surface area contributed by atoms with Crippen LogP contribution < -0.4 is 11.2 Å². The number of nitrogens with zero attached hydrogens (tertiary/aromatic N) is 1. The van der Waals surface area contributed by atoms with E-state index in [-0.39, 0.29) is 0 Å². The van der Waals surface area contributed by atoms with Crippen molar-refractivity contribution in [3.8, 4) is 0 Å². The Morgan fingerprint density at radius 2 is 2.38 bits per heavy atom. The van der Waals surface area contributed by atoms with E-state index in [0.717, 1.165) is 0 Å². The Bertz CT molecular complexity index is 104. The van der Waals surface area contributed by atoms with E-state index in [1.165, 1.54) is 0 Å². The Hall–Kier alpha value is -0.990. The fourth-order valence-electron chi connectivity index (χ4n) is 0.337. The molecule has 0 rings (SSSR count). The molecule has 0 aromatic heterocycles. The molecular formula is C5H11N3. The molecule has 46 valence electrons. The Kier molecular flexibility index (Phi) is 3.66. The molecule has 3 nitrogen and oxygen atoms in total. The molecule has 0 bridgehead atoms. The molecule has 3 N–H and O–H groups in total. The van der Waals surface area contributed by atoms with Gasteiger partial charge in [-0.05, 0) is 13.0 Å². The van der Waals surface area contributed by atoms with Gasteiger partial charge in [-0.1, -0.05) is 6.08 Å². The largest absolute Gasteiger partial charge is 0.382 e. The van der Waals surface area contributed by atoms with Gasteiger partial charge in [-0.15, -0.1) is 0 Å². The van der Waals surface area contributed by atoms with Crippen molar-refractivity contribution in [1.82, 2.24) is 5.43 Å². The fourth-order valence-corrected chi connectivity index (χ4v) is 0.337. The molecule has 0 heterocycles. The maximum absolute atomic E-state index is 5.30. The van der Waals surface area contributed by atoms with Gasteiger partial charge in [0.1, 0.15) is 5.84 Å². The minimum Gasteiger partial charge on any atom is -0.382 e. The molecule has 0 aromatic rings. The second-order valence-corrected chi connectivity index (χ2v) is 1.26. The van der Waals surface area contributed by atoms with E-state index in [2.05, 4.69) is 10.5 Å². The first kappa shape index (κ1) is 7.01. The zero-order valence-corrected chi connectivity index (χ0v) is 5.18. The molecule has 0 unspecified atom stereocenters. The van der Waals surface area contributed by atoms with Crippen LogP contribution in [-0.2, 0) is 0 Å². The lowest BCUT2D eigenvalue weighted by Crippen LogP contribution is -2.12. The smallest absolute Gasteiger partial charge is 0.142 e. The van der Waals surface area contributed by atoms with Crippen LogP contribution in [0.4, 0.5) is 0 Å². The van der Waals surface area contributed by atoms with Crippen molar-refractivity contribution >= 4 is 5.84 Å².